The number of carbonyl (C=O) groups is 1. The molecule has 3 N–H and O–H groups in total. The number of thiocarbonyl (C=S) groups is 1. The number of nitrogens with one attached hydrogen (secondary N) is 3. The van der Waals surface area contributed by atoms with Crippen LogP contribution < -0.4 is 30.2 Å². The molecule has 7 nitrogen and oxygen atoms in total. The first-order chi connectivity index (χ1) is 15.0. The maximum absolute atomic E-state index is 12.9. The Morgan fingerprint density at radius 1 is 0.969 bits per heavy atom. The Kier molecular flexibility index (Phi) is 9.09. The Bertz CT molecular complexity index is 974. The van der Waals surface area contributed by atoms with Crippen LogP contribution in [0.1, 0.15) is 21.5 Å². The van der Waals surface area contributed by atoms with Gasteiger partial charge in [0.15, 0.2) is 16.6 Å². The van der Waals surface area contributed by atoms with Gasteiger partial charge in [0.2, 0.25) is 9.54 Å². The number of aryl methyl sites for hydroxylation is 2. The molecular weight excluding hydrogens is 497 g/mol. The highest BCUT2D eigenvalue weighted by atomic mass is 35.6. The molecule has 174 valence electrons. The number of alkyl halides is 3. The molecule has 0 aliphatic heterocycles. The lowest BCUT2D eigenvalue weighted by Gasteiger charge is -2.28. The molecule has 0 aliphatic rings. The number of benzene rings is 2. The first kappa shape index (κ1) is 26.1. The van der Waals surface area contributed by atoms with Gasteiger partial charge in [-0.3, -0.25) is 4.79 Å². The van der Waals surface area contributed by atoms with E-state index in [4.69, 9.17) is 61.2 Å². The molecule has 0 bridgehead atoms. The number of hydrogen-bond donors (Lipinski definition) is 3. The number of rotatable bonds is 7. The average molecular weight is 521 g/mol. The third-order valence-corrected chi connectivity index (χ3v) is 5.31. The van der Waals surface area contributed by atoms with Crippen molar-refractivity contribution in [1.82, 2.24) is 10.6 Å². The van der Waals surface area contributed by atoms with Gasteiger partial charge >= 0.3 is 0 Å². The van der Waals surface area contributed by atoms with Gasteiger partial charge in [0, 0.05) is 11.3 Å². The van der Waals surface area contributed by atoms with E-state index in [1.807, 2.05) is 32.0 Å². The van der Waals surface area contributed by atoms with Crippen molar-refractivity contribution in [3.05, 3.63) is 47.0 Å². The Balaban J connectivity index is 2.22. The van der Waals surface area contributed by atoms with Crippen molar-refractivity contribution in [1.29, 1.82) is 0 Å². The minimum absolute atomic E-state index is 0.165. The van der Waals surface area contributed by atoms with Crippen molar-refractivity contribution in [2.75, 3.05) is 26.6 Å². The third kappa shape index (κ3) is 6.68. The van der Waals surface area contributed by atoms with Gasteiger partial charge in [0.05, 0.1) is 21.3 Å². The van der Waals surface area contributed by atoms with Gasteiger partial charge in [0.25, 0.3) is 5.91 Å². The molecule has 1 amide bonds. The number of methoxy groups -OCH3 is 3. The van der Waals surface area contributed by atoms with Gasteiger partial charge in [-0.05, 0) is 49.8 Å². The van der Waals surface area contributed by atoms with E-state index in [1.165, 1.54) is 33.5 Å². The quantitative estimate of drug-likeness (QED) is 0.276. The molecule has 0 aromatic heterocycles. The second kappa shape index (κ2) is 11.1. The second-order valence-electron chi connectivity index (χ2n) is 6.78. The van der Waals surface area contributed by atoms with Crippen molar-refractivity contribution in [3.63, 3.8) is 0 Å². The Hall–Kier alpha value is -2.13. The van der Waals surface area contributed by atoms with Crippen molar-refractivity contribution >= 4 is 63.7 Å². The highest BCUT2D eigenvalue weighted by molar-refractivity contribution is 7.80. The first-order valence-electron chi connectivity index (χ1n) is 9.32. The summed E-state index contributed by atoms with van der Waals surface area (Å²) in [4.78, 5) is 12.9. The lowest BCUT2D eigenvalue weighted by atomic mass is 10.1. The van der Waals surface area contributed by atoms with Gasteiger partial charge in [-0.15, -0.1) is 0 Å². The molecule has 0 spiro atoms. The SMILES string of the molecule is COc1cc(C(=O)N[C@@H](NC(=S)Nc2ccc(C)cc2C)C(Cl)(Cl)Cl)cc(OC)c1OC. The van der Waals surface area contributed by atoms with Crippen molar-refractivity contribution in [2.24, 2.45) is 0 Å². The summed E-state index contributed by atoms with van der Waals surface area (Å²) in [6.07, 6.45) is -1.15. The number of carbonyl (C=O) groups excluding carboxylic acids is 1. The van der Waals surface area contributed by atoms with E-state index in [-0.39, 0.29) is 10.7 Å². The molecule has 11 heteroatoms. The van der Waals surface area contributed by atoms with Crippen molar-refractivity contribution < 1.29 is 19.0 Å². The standard InChI is InChI=1S/C21H24Cl3N3O4S/c1-11-6-7-14(12(2)8-11)25-20(32)27-19(21(22,23)24)26-18(28)13-9-15(29-3)17(31-5)16(10-13)30-4/h6-10,19H,1-5H3,(H,26,28)(H2,25,27,32)/t19-/m0/s1. The normalized spacial score (nSPS) is 11.9. The van der Waals surface area contributed by atoms with E-state index in [0.29, 0.717) is 17.2 Å². The molecule has 1 atom stereocenters. The second-order valence-corrected chi connectivity index (χ2v) is 9.56. The predicted molar refractivity (Wildman–Crippen MR) is 133 cm³/mol. The minimum atomic E-state index is -1.91. The van der Waals surface area contributed by atoms with Gasteiger partial charge < -0.3 is 30.2 Å². The summed E-state index contributed by atoms with van der Waals surface area (Å²) in [5.74, 6) is 0.411. The van der Waals surface area contributed by atoms with Gasteiger partial charge in [0.1, 0.15) is 6.17 Å². The fourth-order valence-corrected chi connectivity index (χ4v) is 3.42. The van der Waals surface area contributed by atoms with Crippen LogP contribution in [0, 0.1) is 13.8 Å². The molecule has 0 fully saturated rings. The molecule has 0 aliphatic carbocycles. The van der Waals surface area contributed by atoms with Crippen LogP contribution in [0.15, 0.2) is 30.3 Å². The molecule has 2 aromatic rings. The van der Waals surface area contributed by atoms with Crippen LogP contribution in [0.4, 0.5) is 5.69 Å². The summed E-state index contributed by atoms with van der Waals surface area (Å²) in [7, 11) is 4.36. The molecule has 0 saturated carbocycles. The summed E-state index contributed by atoms with van der Waals surface area (Å²) in [6.45, 7) is 3.93. The van der Waals surface area contributed by atoms with Gasteiger partial charge in [-0.25, -0.2) is 0 Å². The van der Waals surface area contributed by atoms with E-state index < -0.39 is 15.9 Å². The Morgan fingerprint density at radius 3 is 2.03 bits per heavy atom. The summed E-state index contributed by atoms with van der Waals surface area (Å²) >= 11 is 23.6. The van der Waals surface area contributed by atoms with Crippen LogP contribution in [-0.2, 0) is 0 Å². The summed E-state index contributed by atoms with van der Waals surface area (Å²) in [5.41, 5.74) is 3.09. The molecular formula is C21H24Cl3N3O4S. The van der Waals surface area contributed by atoms with Crippen LogP contribution in [0.25, 0.3) is 0 Å². The Morgan fingerprint density at radius 2 is 1.56 bits per heavy atom. The third-order valence-electron chi connectivity index (χ3n) is 4.44. The smallest absolute Gasteiger partial charge is 0.253 e. The predicted octanol–water partition coefficient (Wildman–Crippen LogP) is 4.74. The monoisotopic (exact) mass is 519 g/mol. The van der Waals surface area contributed by atoms with E-state index >= 15 is 0 Å². The molecule has 0 heterocycles. The summed E-state index contributed by atoms with van der Waals surface area (Å²) < 4.78 is 13.9. The molecule has 32 heavy (non-hydrogen) atoms. The minimum Gasteiger partial charge on any atom is -0.493 e. The number of ether oxygens (including phenoxy) is 3. The zero-order chi connectivity index (χ0) is 24.1. The summed E-state index contributed by atoms with van der Waals surface area (Å²) in [5, 5.41) is 8.67. The van der Waals surface area contributed by atoms with Gasteiger partial charge in [-0.2, -0.15) is 0 Å². The van der Waals surface area contributed by atoms with Crippen molar-refractivity contribution in [2.45, 2.75) is 23.8 Å². The fraction of sp³-hybridized carbons (Fsp3) is 0.333. The highest BCUT2D eigenvalue weighted by Gasteiger charge is 2.35. The summed E-state index contributed by atoms with van der Waals surface area (Å²) in [6, 6.07) is 8.80. The first-order valence-corrected chi connectivity index (χ1v) is 10.9. The largest absolute Gasteiger partial charge is 0.493 e. The number of anilines is 1. The molecule has 2 aromatic carbocycles. The number of hydrogen-bond acceptors (Lipinski definition) is 5. The average Bonchev–Trinajstić information content (AvgIpc) is 2.73. The zero-order valence-corrected chi connectivity index (χ0v) is 21.2. The van der Waals surface area contributed by atoms with Crippen LogP contribution >= 0.6 is 47.0 Å². The van der Waals surface area contributed by atoms with E-state index in [9.17, 15) is 4.79 Å². The molecule has 0 radical (unpaired) electrons. The Labute approximate surface area is 207 Å². The van der Waals surface area contributed by atoms with E-state index in [2.05, 4.69) is 16.0 Å². The van der Waals surface area contributed by atoms with Crippen molar-refractivity contribution in [3.8, 4) is 17.2 Å². The van der Waals surface area contributed by atoms with Crippen LogP contribution in [0.3, 0.4) is 0 Å². The van der Waals surface area contributed by atoms with Crippen LogP contribution in [0.2, 0.25) is 0 Å². The van der Waals surface area contributed by atoms with Crippen LogP contribution in [0.5, 0.6) is 17.2 Å². The number of halogens is 3. The molecule has 0 unspecified atom stereocenters. The maximum Gasteiger partial charge on any atom is 0.253 e. The molecule has 0 saturated heterocycles. The molecule has 2 rings (SSSR count). The van der Waals surface area contributed by atoms with E-state index in [1.54, 1.807) is 0 Å². The highest BCUT2D eigenvalue weighted by Crippen LogP contribution is 2.38. The number of amides is 1. The maximum atomic E-state index is 12.9. The fourth-order valence-electron chi connectivity index (χ4n) is 2.87. The van der Waals surface area contributed by atoms with Gasteiger partial charge in [-0.1, -0.05) is 52.5 Å². The lowest BCUT2D eigenvalue weighted by molar-refractivity contribution is 0.0933. The van der Waals surface area contributed by atoms with E-state index in [0.717, 1.165) is 16.8 Å². The zero-order valence-electron chi connectivity index (χ0n) is 18.1. The lowest BCUT2D eigenvalue weighted by Crippen LogP contribution is -2.56. The van der Waals surface area contributed by atoms with Crippen LogP contribution in [-0.4, -0.2) is 42.3 Å². The topological polar surface area (TPSA) is 80.9 Å².